The number of nitrogens with one attached hydrogen (secondary N) is 1. The van der Waals surface area contributed by atoms with Crippen molar-refractivity contribution in [1.82, 2.24) is 24.8 Å². The molecule has 3 N–H and O–H groups in total. The second-order valence-electron chi connectivity index (χ2n) is 10.8. The Morgan fingerprint density at radius 3 is 2.48 bits per heavy atom. The zero-order valence-corrected chi connectivity index (χ0v) is 22.5. The van der Waals surface area contributed by atoms with E-state index in [2.05, 4.69) is 46.5 Å². The molecule has 1 aliphatic carbocycles. The lowest BCUT2D eigenvalue weighted by Gasteiger charge is -2.38. The van der Waals surface area contributed by atoms with E-state index >= 15 is 0 Å². The van der Waals surface area contributed by atoms with Crippen molar-refractivity contribution in [3.63, 3.8) is 0 Å². The zero-order valence-electron chi connectivity index (χ0n) is 22.5. The van der Waals surface area contributed by atoms with E-state index in [1.807, 2.05) is 35.4 Å². The molecule has 3 heterocycles. The molecule has 2 fully saturated rings. The van der Waals surface area contributed by atoms with E-state index in [0.717, 1.165) is 42.8 Å². The van der Waals surface area contributed by atoms with Crippen LogP contribution in [0.3, 0.4) is 0 Å². The van der Waals surface area contributed by atoms with Gasteiger partial charge in [0.2, 0.25) is 5.91 Å². The molecule has 0 spiro atoms. The van der Waals surface area contributed by atoms with Crippen LogP contribution in [-0.4, -0.2) is 51.1 Å². The number of amides is 1. The summed E-state index contributed by atoms with van der Waals surface area (Å²) in [5.41, 5.74) is 10.4. The molecular formula is C31H33N7O2. The van der Waals surface area contributed by atoms with Crippen LogP contribution in [-0.2, 0) is 11.2 Å². The lowest BCUT2D eigenvalue weighted by atomic mass is 10.00. The summed E-state index contributed by atoms with van der Waals surface area (Å²) >= 11 is 0. The fourth-order valence-electron chi connectivity index (χ4n) is 5.26. The van der Waals surface area contributed by atoms with Gasteiger partial charge in [0.1, 0.15) is 0 Å². The third kappa shape index (κ3) is 5.51. The minimum atomic E-state index is -0.346. The summed E-state index contributed by atoms with van der Waals surface area (Å²) in [7, 11) is 0. The van der Waals surface area contributed by atoms with Crippen LogP contribution in [0, 0.1) is 12.8 Å². The minimum absolute atomic E-state index is 0.215. The van der Waals surface area contributed by atoms with Crippen LogP contribution >= 0.6 is 0 Å². The second kappa shape index (κ2) is 11.0. The topological polar surface area (TPSA) is 119 Å². The summed E-state index contributed by atoms with van der Waals surface area (Å²) in [6.07, 6.45) is 8.03. The lowest BCUT2D eigenvalue weighted by molar-refractivity contribution is -0.122. The van der Waals surface area contributed by atoms with Gasteiger partial charge in [-0.05, 0) is 68.6 Å². The maximum Gasteiger partial charge on any atom is 0.298 e. The molecule has 40 heavy (non-hydrogen) atoms. The first kappa shape index (κ1) is 25.9. The molecule has 2 aromatic carbocycles. The van der Waals surface area contributed by atoms with Crippen molar-refractivity contribution in [3.8, 4) is 17.1 Å². The van der Waals surface area contributed by atoms with Gasteiger partial charge >= 0.3 is 0 Å². The molecule has 1 saturated carbocycles. The highest BCUT2D eigenvalue weighted by Gasteiger charge is 2.37. The predicted molar refractivity (Wildman–Crippen MR) is 154 cm³/mol. The molecule has 204 valence electrons. The number of primary amides is 1. The van der Waals surface area contributed by atoms with E-state index in [1.165, 1.54) is 11.1 Å². The fraction of sp³-hybridized carbons (Fsp3) is 0.323. The molecule has 1 aliphatic heterocycles. The van der Waals surface area contributed by atoms with Gasteiger partial charge < -0.3 is 16.0 Å². The van der Waals surface area contributed by atoms with Gasteiger partial charge in [-0.25, -0.2) is 15.0 Å². The first-order valence-electron chi connectivity index (χ1n) is 13.8. The van der Waals surface area contributed by atoms with Crippen LogP contribution in [0.2, 0.25) is 0 Å². The smallest absolute Gasteiger partial charge is 0.298 e. The number of aromatic nitrogens is 4. The normalized spacial score (nSPS) is 18.4. The molecule has 1 amide bonds. The van der Waals surface area contributed by atoms with Gasteiger partial charge in [0, 0.05) is 54.9 Å². The Kier molecular flexibility index (Phi) is 7.13. The molecule has 4 aromatic rings. The number of benzene rings is 2. The Labute approximate surface area is 233 Å². The Bertz CT molecular complexity index is 1550. The molecule has 9 nitrogen and oxygen atoms in total. The molecular weight excluding hydrogens is 502 g/mol. The number of rotatable bonds is 10. The summed E-state index contributed by atoms with van der Waals surface area (Å²) in [6.45, 7) is 3.81. The van der Waals surface area contributed by atoms with Crippen LogP contribution < -0.4 is 21.5 Å². The van der Waals surface area contributed by atoms with E-state index in [-0.39, 0.29) is 17.4 Å². The molecule has 1 saturated heterocycles. The van der Waals surface area contributed by atoms with Crippen molar-refractivity contribution in [3.05, 3.63) is 100 Å². The molecule has 0 unspecified atom stereocenters. The van der Waals surface area contributed by atoms with Gasteiger partial charge in [-0.2, -0.15) is 0 Å². The molecule has 0 bridgehead atoms. The van der Waals surface area contributed by atoms with Crippen molar-refractivity contribution in [1.29, 1.82) is 0 Å². The van der Waals surface area contributed by atoms with Crippen molar-refractivity contribution in [2.24, 2.45) is 11.7 Å². The van der Waals surface area contributed by atoms with Crippen molar-refractivity contribution >= 4 is 11.7 Å². The molecule has 2 atom stereocenters. The minimum Gasteiger partial charge on any atom is -0.369 e. The third-order valence-electron chi connectivity index (χ3n) is 7.80. The molecule has 0 radical (unpaired) electrons. The van der Waals surface area contributed by atoms with Crippen molar-refractivity contribution in [2.45, 2.75) is 38.1 Å². The lowest BCUT2D eigenvalue weighted by Crippen LogP contribution is -2.54. The average molecular weight is 536 g/mol. The Hall–Kier alpha value is -4.37. The zero-order chi connectivity index (χ0) is 27.6. The number of nitrogens with zero attached hydrogens (tertiary/aromatic N) is 5. The largest absolute Gasteiger partial charge is 0.369 e. The van der Waals surface area contributed by atoms with Crippen LogP contribution in [0.1, 0.15) is 35.6 Å². The number of nitrogens with two attached hydrogens (primary N) is 1. The van der Waals surface area contributed by atoms with Crippen molar-refractivity contribution < 1.29 is 4.79 Å². The number of hydrogen-bond acceptors (Lipinski definition) is 7. The second-order valence-corrected chi connectivity index (χ2v) is 10.8. The Morgan fingerprint density at radius 1 is 1.05 bits per heavy atom. The first-order chi connectivity index (χ1) is 19.5. The third-order valence-corrected chi connectivity index (χ3v) is 7.80. The summed E-state index contributed by atoms with van der Waals surface area (Å²) in [4.78, 5) is 40.3. The van der Waals surface area contributed by atoms with E-state index in [0.29, 0.717) is 36.7 Å². The summed E-state index contributed by atoms with van der Waals surface area (Å²) < 4.78 is 1.65. The van der Waals surface area contributed by atoms with Gasteiger partial charge in [0.15, 0.2) is 11.6 Å². The maximum absolute atomic E-state index is 13.5. The maximum atomic E-state index is 13.5. The monoisotopic (exact) mass is 535 g/mol. The number of carbonyl (C=O) groups is 1. The van der Waals surface area contributed by atoms with E-state index in [1.54, 1.807) is 23.0 Å². The highest BCUT2D eigenvalue weighted by molar-refractivity contribution is 5.80. The Morgan fingerprint density at radius 2 is 1.77 bits per heavy atom. The van der Waals surface area contributed by atoms with Gasteiger partial charge in [-0.1, -0.05) is 29.8 Å². The molecule has 6 rings (SSSR count). The molecule has 2 aromatic heterocycles. The Balaban J connectivity index is 1.16. The van der Waals surface area contributed by atoms with E-state index in [9.17, 15) is 9.59 Å². The SMILES string of the molecule is Cc1ccc([C@@H]2C[C@H]2NCCCc2cn(-c3ccc(-c4ncccn4)cc3)c(=O)c(N3CC(C(N)=O)C3)n2)cc1. The van der Waals surface area contributed by atoms with Crippen LogP contribution in [0.4, 0.5) is 5.82 Å². The van der Waals surface area contributed by atoms with E-state index in [4.69, 9.17) is 10.7 Å². The van der Waals surface area contributed by atoms with Crippen LogP contribution in [0.25, 0.3) is 17.1 Å². The standard InChI is InChI=1S/C31H33N7O2/c1-20-5-7-21(8-6-20)26-16-27(26)33-13-2-4-24-19-38(31(40)30(36-24)37-17-23(18-37)28(32)39)25-11-9-22(10-12-25)29-34-14-3-15-35-29/h3,5-12,14-15,19,23,26-27,33H,2,4,13,16-18H2,1H3,(H2,32,39)/t26-,27+/m0/s1. The molecule has 2 aliphatic rings. The van der Waals surface area contributed by atoms with Gasteiger partial charge in [-0.3, -0.25) is 14.2 Å². The number of hydrogen-bond donors (Lipinski definition) is 2. The average Bonchev–Trinajstić information content (AvgIpc) is 3.72. The first-order valence-corrected chi connectivity index (χ1v) is 13.8. The van der Waals surface area contributed by atoms with Gasteiger partial charge in [0.25, 0.3) is 5.56 Å². The van der Waals surface area contributed by atoms with E-state index < -0.39 is 0 Å². The molecule has 9 heteroatoms. The fourth-order valence-corrected chi connectivity index (χ4v) is 5.26. The van der Waals surface area contributed by atoms with Gasteiger partial charge in [-0.15, -0.1) is 0 Å². The quantitative estimate of drug-likeness (QED) is 0.300. The summed E-state index contributed by atoms with van der Waals surface area (Å²) in [5.74, 6) is 0.971. The highest BCUT2D eigenvalue weighted by Crippen LogP contribution is 2.40. The summed E-state index contributed by atoms with van der Waals surface area (Å²) in [5, 5.41) is 3.68. The number of aryl methyl sites for hydroxylation is 2. The number of carbonyl (C=O) groups excluding carboxylic acids is 1. The van der Waals surface area contributed by atoms with Gasteiger partial charge in [0.05, 0.1) is 11.6 Å². The predicted octanol–water partition coefficient (Wildman–Crippen LogP) is 3.00. The van der Waals surface area contributed by atoms with Crippen LogP contribution in [0.15, 0.2) is 78.0 Å². The summed E-state index contributed by atoms with van der Waals surface area (Å²) in [6, 6.07) is 18.7. The van der Waals surface area contributed by atoms with Crippen LogP contribution in [0.5, 0.6) is 0 Å². The highest BCUT2D eigenvalue weighted by atomic mass is 16.1. The van der Waals surface area contributed by atoms with Crippen molar-refractivity contribution in [2.75, 3.05) is 24.5 Å². The number of anilines is 1.